The zero-order chi connectivity index (χ0) is 18.5. The molecule has 0 spiro atoms. The molecule has 2 aliphatic heterocycles. The van der Waals surface area contributed by atoms with Crippen LogP contribution in [-0.4, -0.2) is 41.4 Å². The summed E-state index contributed by atoms with van der Waals surface area (Å²) in [7, 11) is -0.414. The van der Waals surface area contributed by atoms with Gasteiger partial charge in [-0.3, -0.25) is 0 Å². The highest BCUT2D eigenvalue weighted by Crippen LogP contribution is 2.39. The van der Waals surface area contributed by atoms with Crippen molar-refractivity contribution in [2.24, 2.45) is 0 Å². The number of nitrogens with zero attached hydrogens (tertiary/aromatic N) is 3. The Bertz CT molecular complexity index is 675. The molecule has 1 saturated heterocycles. The van der Waals surface area contributed by atoms with E-state index in [1.54, 1.807) is 4.90 Å². The first-order valence-electron chi connectivity index (χ1n) is 8.18. The molecule has 0 unspecified atom stereocenters. The van der Waals surface area contributed by atoms with Crippen molar-refractivity contribution < 1.29 is 22.5 Å². The van der Waals surface area contributed by atoms with Gasteiger partial charge in [0.2, 0.25) is 0 Å². The number of halogens is 3. The van der Waals surface area contributed by atoms with E-state index in [9.17, 15) is 13.2 Å². The molecule has 1 aromatic heterocycles. The van der Waals surface area contributed by atoms with Gasteiger partial charge in [0.05, 0.1) is 11.2 Å². The maximum atomic E-state index is 12.8. The van der Waals surface area contributed by atoms with E-state index in [-0.39, 0.29) is 5.82 Å². The molecule has 0 saturated carbocycles. The second kappa shape index (κ2) is 5.98. The zero-order valence-electron chi connectivity index (χ0n) is 14.7. The molecular weight excluding hydrogens is 334 g/mol. The van der Waals surface area contributed by atoms with Gasteiger partial charge in [-0.15, -0.1) is 0 Å². The third-order valence-electron chi connectivity index (χ3n) is 5.07. The van der Waals surface area contributed by atoms with Crippen LogP contribution in [0.4, 0.5) is 19.0 Å². The van der Waals surface area contributed by atoms with E-state index in [0.29, 0.717) is 19.5 Å². The van der Waals surface area contributed by atoms with Crippen LogP contribution in [0.3, 0.4) is 0 Å². The van der Waals surface area contributed by atoms with E-state index >= 15 is 0 Å². The first kappa shape index (κ1) is 18.2. The molecule has 9 heteroatoms. The third-order valence-corrected chi connectivity index (χ3v) is 5.07. The normalized spacial score (nSPS) is 22.9. The molecule has 0 aliphatic carbocycles. The Morgan fingerprint density at radius 3 is 2.28 bits per heavy atom. The number of anilines is 1. The SMILES string of the molecule is CC1(C)OB(C2=CCN(c3cc(C(F)(F)F)ncn3)CC2)OC1(C)C. The Balaban J connectivity index is 1.72. The quantitative estimate of drug-likeness (QED) is 0.763. The fraction of sp³-hybridized carbons (Fsp3) is 0.625. The molecule has 0 N–H and O–H groups in total. The largest absolute Gasteiger partial charge is 0.490 e. The first-order valence-corrected chi connectivity index (χ1v) is 8.18. The monoisotopic (exact) mass is 355 g/mol. The molecule has 0 amide bonds. The van der Waals surface area contributed by atoms with Crippen molar-refractivity contribution in [3.63, 3.8) is 0 Å². The minimum atomic E-state index is -4.48. The highest BCUT2D eigenvalue weighted by molar-refractivity contribution is 6.54. The van der Waals surface area contributed by atoms with Crippen molar-refractivity contribution >= 4 is 12.9 Å². The van der Waals surface area contributed by atoms with Gasteiger partial charge in [-0.2, -0.15) is 13.2 Å². The summed E-state index contributed by atoms with van der Waals surface area (Å²) in [6.45, 7) is 8.95. The van der Waals surface area contributed by atoms with Gasteiger partial charge < -0.3 is 14.2 Å². The van der Waals surface area contributed by atoms with Crippen LogP contribution < -0.4 is 4.90 Å². The number of hydrogen-bond acceptors (Lipinski definition) is 5. The molecule has 3 rings (SSSR count). The molecule has 0 atom stereocenters. The van der Waals surface area contributed by atoms with Crippen LogP contribution >= 0.6 is 0 Å². The van der Waals surface area contributed by atoms with Gasteiger partial charge >= 0.3 is 13.3 Å². The van der Waals surface area contributed by atoms with Gasteiger partial charge in [0.25, 0.3) is 0 Å². The van der Waals surface area contributed by atoms with E-state index < -0.39 is 30.2 Å². The highest BCUT2D eigenvalue weighted by Gasteiger charge is 2.52. The molecule has 5 nitrogen and oxygen atoms in total. The van der Waals surface area contributed by atoms with Gasteiger partial charge in [-0.25, -0.2) is 9.97 Å². The summed E-state index contributed by atoms with van der Waals surface area (Å²) in [6, 6.07) is 0.980. The second-order valence-electron chi connectivity index (χ2n) is 7.32. The van der Waals surface area contributed by atoms with Crippen molar-refractivity contribution in [1.29, 1.82) is 0 Å². The van der Waals surface area contributed by atoms with E-state index in [1.165, 1.54) is 0 Å². The Kier molecular flexibility index (Phi) is 4.35. The molecule has 3 heterocycles. The molecule has 1 aromatic rings. The summed E-state index contributed by atoms with van der Waals surface area (Å²) < 4.78 is 50.4. The zero-order valence-corrected chi connectivity index (χ0v) is 14.7. The fourth-order valence-corrected chi connectivity index (χ4v) is 2.78. The topological polar surface area (TPSA) is 47.5 Å². The predicted molar refractivity (Wildman–Crippen MR) is 88.0 cm³/mol. The summed E-state index contributed by atoms with van der Waals surface area (Å²) in [5.74, 6) is 0.270. The molecule has 25 heavy (non-hydrogen) atoms. The molecule has 0 aromatic carbocycles. The van der Waals surface area contributed by atoms with Crippen LogP contribution in [0.1, 0.15) is 39.8 Å². The van der Waals surface area contributed by atoms with Gasteiger partial charge in [-0.05, 0) is 39.6 Å². The average Bonchev–Trinajstić information content (AvgIpc) is 2.75. The van der Waals surface area contributed by atoms with Crippen LogP contribution in [-0.2, 0) is 15.5 Å². The highest BCUT2D eigenvalue weighted by atomic mass is 19.4. The average molecular weight is 355 g/mol. The van der Waals surface area contributed by atoms with Crippen LogP contribution in [0.25, 0.3) is 0 Å². The second-order valence-corrected chi connectivity index (χ2v) is 7.32. The Morgan fingerprint density at radius 2 is 1.76 bits per heavy atom. The number of aromatic nitrogens is 2. The molecule has 2 aliphatic rings. The summed E-state index contributed by atoms with van der Waals surface area (Å²) in [5, 5.41) is 0. The number of hydrogen-bond donors (Lipinski definition) is 0. The molecule has 0 bridgehead atoms. The lowest BCUT2D eigenvalue weighted by molar-refractivity contribution is -0.141. The molecule has 136 valence electrons. The van der Waals surface area contributed by atoms with E-state index in [1.807, 2.05) is 33.8 Å². The van der Waals surface area contributed by atoms with E-state index in [2.05, 4.69) is 9.97 Å². The van der Waals surface area contributed by atoms with E-state index in [4.69, 9.17) is 9.31 Å². The van der Waals surface area contributed by atoms with Crippen LogP contribution in [0.15, 0.2) is 23.9 Å². The fourth-order valence-electron chi connectivity index (χ4n) is 2.78. The van der Waals surface area contributed by atoms with Gasteiger partial charge in [0.1, 0.15) is 17.8 Å². The Hall–Kier alpha value is -1.61. The van der Waals surface area contributed by atoms with Crippen LogP contribution in [0.5, 0.6) is 0 Å². The Labute approximate surface area is 145 Å². The van der Waals surface area contributed by atoms with Gasteiger partial charge in [0, 0.05) is 19.2 Å². The minimum absolute atomic E-state index is 0.270. The lowest BCUT2D eigenvalue weighted by Gasteiger charge is -2.32. The summed E-state index contributed by atoms with van der Waals surface area (Å²) in [5.41, 5.74) is -0.744. The third kappa shape index (κ3) is 3.53. The van der Waals surface area contributed by atoms with Crippen LogP contribution in [0.2, 0.25) is 0 Å². The summed E-state index contributed by atoms with van der Waals surface area (Å²) >= 11 is 0. The van der Waals surface area contributed by atoms with Crippen molar-refractivity contribution in [3.8, 4) is 0 Å². The number of rotatable bonds is 2. The summed E-state index contributed by atoms with van der Waals surface area (Å²) in [6.07, 6.45) is -0.939. The lowest BCUT2D eigenvalue weighted by atomic mass is 9.75. The first-order chi connectivity index (χ1) is 11.5. The van der Waals surface area contributed by atoms with Crippen molar-refractivity contribution in [2.45, 2.75) is 51.5 Å². The Morgan fingerprint density at radius 1 is 1.12 bits per heavy atom. The van der Waals surface area contributed by atoms with Gasteiger partial charge in [-0.1, -0.05) is 6.08 Å². The van der Waals surface area contributed by atoms with Gasteiger partial charge in [0.15, 0.2) is 0 Å². The smallest absolute Gasteiger partial charge is 0.400 e. The molecule has 1 fully saturated rings. The van der Waals surface area contributed by atoms with Crippen molar-refractivity contribution in [1.82, 2.24) is 9.97 Å². The minimum Gasteiger partial charge on any atom is -0.400 e. The predicted octanol–water partition coefficient (Wildman–Crippen LogP) is 3.26. The standard InChI is InChI=1S/C16H21BF3N3O2/c1-14(2)15(3,4)25-17(24-14)11-5-7-23(8-6-11)13-9-12(16(18,19)20)21-10-22-13/h5,9-10H,6-8H2,1-4H3. The van der Waals surface area contributed by atoms with Crippen LogP contribution in [0, 0.1) is 0 Å². The maximum Gasteiger partial charge on any atom is 0.490 e. The number of alkyl halides is 3. The lowest BCUT2D eigenvalue weighted by Crippen LogP contribution is -2.41. The molecular formula is C16H21BF3N3O2. The van der Waals surface area contributed by atoms with E-state index in [0.717, 1.165) is 17.9 Å². The van der Waals surface area contributed by atoms with Crippen molar-refractivity contribution in [3.05, 3.63) is 29.6 Å². The summed E-state index contributed by atoms with van der Waals surface area (Å²) in [4.78, 5) is 9.05. The molecule has 0 radical (unpaired) electrons. The maximum absolute atomic E-state index is 12.8. The van der Waals surface area contributed by atoms with Crippen molar-refractivity contribution in [2.75, 3.05) is 18.0 Å².